The van der Waals surface area contributed by atoms with E-state index in [1.807, 2.05) is 6.92 Å². The molecule has 7 heteroatoms. The summed E-state index contributed by atoms with van der Waals surface area (Å²) in [4.78, 5) is 21.7. The van der Waals surface area contributed by atoms with Crippen molar-refractivity contribution in [2.75, 3.05) is 13.2 Å². The molecule has 1 amide bonds. The maximum absolute atomic E-state index is 11.4. The number of amides is 1. The van der Waals surface area contributed by atoms with Gasteiger partial charge in [-0.15, -0.1) is 0 Å². The van der Waals surface area contributed by atoms with E-state index < -0.39 is 4.92 Å². The summed E-state index contributed by atoms with van der Waals surface area (Å²) in [5.74, 6) is -0.243. The van der Waals surface area contributed by atoms with Crippen molar-refractivity contribution in [1.29, 1.82) is 0 Å². The Kier molecular flexibility index (Phi) is 5.74. The largest absolute Gasteiger partial charge is 0.477 e. The smallest absolute Gasteiger partial charge is 0.311 e. The quantitative estimate of drug-likeness (QED) is 0.565. The summed E-state index contributed by atoms with van der Waals surface area (Å²) in [6, 6.07) is 4.43. The van der Waals surface area contributed by atoms with Gasteiger partial charge in [-0.25, -0.2) is 0 Å². The SMILES string of the molecule is CCCNC(=O)COc1ccc(CN)cc1[N+](=O)[O-]. The molecular formula is C12H17N3O4. The molecule has 0 aliphatic carbocycles. The minimum Gasteiger partial charge on any atom is -0.477 e. The fourth-order valence-electron chi connectivity index (χ4n) is 1.41. The molecule has 1 aromatic rings. The zero-order valence-corrected chi connectivity index (χ0v) is 10.7. The molecule has 0 aromatic heterocycles. The van der Waals surface area contributed by atoms with Gasteiger partial charge in [0.1, 0.15) is 0 Å². The Bertz CT molecular complexity index is 462. The first kappa shape index (κ1) is 14.9. The van der Waals surface area contributed by atoms with E-state index in [1.165, 1.54) is 12.1 Å². The summed E-state index contributed by atoms with van der Waals surface area (Å²) in [6.45, 7) is 2.44. The molecule has 0 aliphatic rings. The monoisotopic (exact) mass is 267 g/mol. The predicted octanol–water partition coefficient (Wildman–Crippen LogP) is 0.959. The summed E-state index contributed by atoms with van der Waals surface area (Å²) in [6.07, 6.45) is 0.817. The molecule has 0 saturated heterocycles. The minimum absolute atomic E-state index is 0.0637. The topological polar surface area (TPSA) is 107 Å². The molecule has 0 aliphatic heterocycles. The van der Waals surface area contributed by atoms with Gasteiger partial charge in [0.05, 0.1) is 4.92 Å². The summed E-state index contributed by atoms with van der Waals surface area (Å²) in [5.41, 5.74) is 5.86. The Morgan fingerprint density at radius 2 is 2.26 bits per heavy atom. The van der Waals surface area contributed by atoms with Crippen molar-refractivity contribution >= 4 is 11.6 Å². The van der Waals surface area contributed by atoms with Crippen LogP contribution in [0, 0.1) is 10.1 Å². The molecule has 0 spiro atoms. The first-order valence-corrected chi connectivity index (χ1v) is 5.95. The second-order valence-electron chi connectivity index (χ2n) is 3.90. The van der Waals surface area contributed by atoms with Crippen LogP contribution < -0.4 is 15.8 Å². The van der Waals surface area contributed by atoms with Crippen LogP contribution in [0.1, 0.15) is 18.9 Å². The maximum atomic E-state index is 11.4. The maximum Gasteiger partial charge on any atom is 0.311 e. The molecule has 104 valence electrons. The van der Waals surface area contributed by atoms with Crippen molar-refractivity contribution in [3.63, 3.8) is 0 Å². The van der Waals surface area contributed by atoms with E-state index in [9.17, 15) is 14.9 Å². The highest BCUT2D eigenvalue weighted by molar-refractivity contribution is 5.77. The van der Waals surface area contributed by atoms with Crippen molar-refractivity contribution in [2.24, 2.45) is 5.73 Å². The Morgan fingerprint density at radius 3 is 2.84 bits per heavy atom. The zero-order valence-electron chi connectivity index (χ0n) is 10.7. The number of ether oxygens (including phenoxy) is 1. The Hall–Kier alpha value is -2.15. The molecule has 0 unspecified atom stereocenters. The number of nitrogens with zero attached hydrogens (tertiary/aromatic N) is 1. The number of carbonyl (C=O) groups excluding carboxylic acids is 1. The molecule has 7 nitrogen and oxygen atoms in total. The highest BCUT2D eigenvalue weighted by Crippen LogP contribution is 2.27. The standard InChI is InChI=1S/C12H17N3O4/c1-2-5-14-12(16)8-19-11-4-3-9(7-13)6-10(11)15(17)18/h3-4,6H,2,5,7-8,13H2,1H3,(H,14,16). The lowest BCUT2D eigenvalue weighted by molar-refractivity contribution is -0.385. The van der Waals surface area contributed by atoms with Gasteiger partial charge in [-0.05, 0) is 18.1 Å². The second kappa shape index (κ2) is 7.32. The molecule has 1 aromatic carbocycles. The van der Waals surface area contributed by atoms with E-state index >= 15 is 0 Å². The van der Waals surface area contributed by atoms with Crippen LogP contribution in [-0.4, -0.2) is 24.0 Å². The molecule has 0 fully saturated rings. The van der Waals surface area contributed by atoms with E-state index in [4.69, 9.17) is 10.5 Å². The van der Waals surface area contributed by atoms with Gasteiger partial charge >= 0.3 is 5.69 Å². The fourth-order valence-corrected chi connectivity index (χ4v) is 1.41. The summed E-state index contributed by atoms with van der Waals surface area (Å²) < 4.78 is 5.16. The van der Waals surface area contributed by atoms with Crippen LogP contribution in [-0.2, 0) is 11.3 Å². The highest BCUT2D eigenvalue weighted by Gasteiger charge is 2.16. The normalized spacial score (nSPS) is 10.0. The summed E-state index contributed by atoms with van der Waals surface area (Å²) >= 11 is 0. The third-order valence-electron chi connectivity index (χ3n) is 2.39. The number of benzene rings is 1. The van der Waals surface area contributed by atoms with Crippen LogP contribution in [0.5, 0.6) is 5.75 Å². The molecule has 0 atom stereocenters. The van der Waals surface area contributed by atoms with Gasteiger partial charge in [0.15, 0.2) is 12.4 Å². The predicted molar refractivity (Wildman–Crippen MR) is 69.8 cm³/mol. The van der Waals surface area contributed by atoms with Crippen LogP contribution in [0.3, 0.4) is 0 Å². The van der Waals surface area contributed by atoms with Crippen molar-refractivity contribution in [2.45, 2.75) is 19.9 Å². The number of carbonyl (C=O) groups is 1. The highest BCUT2D eigenvalue weighted by atomic mass is 16.6. The lowest BCUT2D eigenvalue weighted by Crippen LogP contribution is -2.29. The van der Waals surface area contributed by atoms with E-state index in [1.54, 1.807) is 6.07 Å². The van der Waals surface area contributed by atoms with Gasteiger partial charge in [-0.1, -0.05) is 13.0 Å². The summed E-state index contributed by atoms with van der Waals surface area (Å²) in [5, 5.41) is 13.5. The number of nitro benzene ring substituents is 1. The zero-order chi connectivity index (χ0) is 14.3. The van der Waals surface area contributed by atoms with Gasteiger partial charge < -0.3 is 15.8 Å². The van der Waals surface area contributed by atoms with Crippen molar-refractivity contribution in [1.82, 2.24) is 5.32 Å². The number of nitrogens with two attached hydrogens (primary N) is 1. The van der Waals surface area contributed by atoms with Gasteiger partial charge in [0.25, 0.3) is 5.91 Å². The lowest BCUT2D eigenvalue weighted by Gasteiger charge is -2.08. The molecule has 0 radical (unpaired) electrons. The van der Waals surface area contributed by atoms with Crippen molar-refractivity contribution < 1.29 is 14.5 Å². The molecular weight excluding hydrogens is 250 g/mol. The number of nitro groups is 1. The van der Waals surface area contributed by atoms with E-state index in [0.717, 1.165) is 6.42 Å². The third-order valence-corrected chi connectivity index (χ3v) is 2.39. The minimum atomic E-state index is -0.557. The van der Waals surface area contributed by atoms with Gasteiger partial charge in [0.2, 0.25) is 0 Å². The Balaban J connectivity index is 2.72. The van der Waals surface area contributed by atoms with Gasteiger partial charge in [0, 0.05) is 19.2 Å². The number of hydrogen-bond donors (Lipinski definition) is 2. The van der Waals surface area contributed by atoms with E-state index in [2.05, 4.69) is 5.32 Å². The first-order valence-electron chi connectivity index (χ1n) is 5.95. The van der Waals surface area contributed by atoms with Crippen LogP contribution in [0.15, 0.2) is 18.2 Å². The second-order valence-corrected chi connectivity index (χ2v) is 3.90. The Labute approximate surface area is 110 Å². The molecule has 1 rings (SSSR count). The average Bonchev–Trinajstić information content (AvgIpc) is 2.42. The van der Waals surface area contributed by atoms with Gasteiger partial charge in [-0.3, -0.25) is 14.9 Å². The number of rotatable bonds is 7. The molecule has 19 heavy (non-hydrogen) atoms. The third kappa shape index (κ3) is 4.55. The molecule has 0 heterocycles. The molecule has 3 N–H and O–H groups in total. The summed E-state index contributed by atoms with van der Waals surface area (Å²) in [7, 11) is 0. The number of nitrogens with one attached hydrogen (secondary N) is 1. The van der Waals surface area contributed by atoms with Crippen LogP contribution >= 0.6 is 0 Å². The van der Waals surface area contributed by atoms with Gasteiger partial charge in [-0.2, -0.15) is 0 Å². The number of hydrogen-bond acceptors (Lipinski definition) is 5. The van der Waals surface area contributed by atoms with E-state index in [-0.39, 0.29) is 30.5 Å². The van der Waals surface area contributed by atoms with Crippen LogP contribution in [0.25, 0.3) is 0 Å². The fraction of sp³-hybridized carbons (Fsp3) is 0.417. The molecule has 0 saturated carbocycles. The lowest BCUT2D eigenvalue weighted by atomic mass is 10.2. The van der Waals surface area contributed by atoms with E-state index in [0.29, 0.717) is 12.1 Å². The van der Waals surface area contributed by atoms with Crippen LogP contribution in [0.4, 0.5) is 5.69 Å². The first-order chi connectivity index (χ1) is 9.08. The Morgan fingerprint density at radius 1 is 1.53 bits per heavy atom. The van der Waals surface area contributed by atoms with Crippen LogP contribution in [0.2, 0.25) is 0 Å². The van der Waals surface area contributed by atoms with Crippen molar-refractivity contribution in [3.8, 4) is 5.75 Å². The molecule has 0 bridgehead atoms. The van der Waals surface area contributed by atoms with Crippen molar-refractivity contribution in [3.05, 3.63) is 33.9 Å². The average molecular weight is 267 g/mol.